The third kappa shape index (κ3) is 4.82. The maximum Gasteiger partial charge on any atom is 0.305 e. The van der Waals surface area contributed by atoms with Crippen LogP contribution in [-0.2, 0) is 4.79 Å². The summed E-state index contributed by atoms with van der Waals surface area (Å²) in [5, 5.41) is 22.3. The molecule has 1 rings (SSSR count). The van der Waals surface area contributed by atoms with Crippen molar-refractivity contribution < 1.29 is 19.6 Å². The number of nitro benzene ring substituents is 1. The van der Waals surface area contributed by atoms with Gasteiger partial charge in [0, 0.05) is 17.7 Å². The number of nitro groups is 1. The maximum absolute atomic E-state index is 12.1. The van der Waals surface area contributed by atoms with Crippen molar-refractivity contribution in [3.8, 4) is 0 Å². The molecule has 0 aromatic heterocycles. The van der Waals surface area contributed by atoms with E-state index in [-0.39, 0.29) is 28.1 Å². The van der Waals surface area contributed by atoms with Crippen molar-refractivity contribution in [3.05, 3.63) is 38.3 Å². The molecule has 0 aliphatic heterocycles. The van der Waals surface area contributed by atoms with Gasteiger partial charge in [-0.15, -0.1) is 0 Å². The van der Waals surface area contributed by atoms with Gasteiger partial charge in [-0.3, -0.25) is 19.7 Å². The fraction of sp³-hybridized carbons (Fsp3) is 0.385. The lowest BCUT2D eigenvalue weighted by Gasteiger charge is -2.20. The van der Waals surface area contributed by atoms with Crippen LogP contribution in [0, 0.1) is 16.0 Å². The minimum Gasteiger partial charge on any atom is -0.481 e. The van der Waals surface area contributed by atoms with Gasteiger partial charge < -0.3 is 10.4 Å². The Hall–Kier alpha value is -1.96. The Balaban J connectivity index is 2.95. The zero-order valence-electron chi connectivity index (χ0n) is 11.5. The molecule has 0 saturated heterocycles. The molecule has 0 aliphatic rings. The second-order valence-electron chi connectivity index (χ2n) is 4.85. The molecule has 1 amide bonds. The molecule has 0 bridgehead atoms. The van der Waals surface area contributed by atoms with E-state index < -0.39 is 22.8 Å². The number of aliphatic carboxylic acids is 1. The highest BCUT2D eigenvalue weighted by Gasteiger charge is 2.22. The van der Waals surface area contributed by atoms with Crippen molar-refractivity contribution in [1.82, 2.24) is 5.32 Å². The Kier molecular flexibility index (Phi) is 5.83. The van der Waals surface area contributed by atoms with Gasteiger partial charge in [0.25, 0.3) is 11.6 Å². The third-order valence-electron chi connectivity index (χ3n) is 2.92. The van der Waals surface area contributed by atoms with Crippen LogP contribution in [0.5, 0.6) is 0 Å². The minimum atomic E-state index is -1.02. The molecule has 2 N–H and O–H groups in total. The normalized spacial score (nSPS) is 12.0. The molecule has 0 radical (unpaired) electrons. The van der Waals surface area contributed by atoms with Crippen molar-refractivity contribution in [2.75, 3.05) is 0 Å². The molecule has 21 heavy (non-hydrogen) atoms. The summed E-state index contributed by atoms with van der Waals surface area (Å²) in [6.45, 7) is 3.58. The molecule has 8 heteroatoms. The number of carboxylic acid groups (broad SMARTS) is 1. The number of nitrogens with zero attached hydrogens (tertiary/aromatic N) is 1. The summed E-state index contributed by atoms with van der Waals surface area (Å²) < 4.78 is 0.273. The molecular weight excluding hydrogens is 344 g/mol. The lowest BCUT2D eigenvalue weighted by Crippen LogP contribution is -2.40. The van der Waals surface area contributed by atoms with Crippen molar-refractivity contribution in [2.45, 2.75) is 26.3 Å². The van der Waals surface area contributed by atoms with E-state index in [2.05, 4.69) is 21.2 Å². The van der Waals surface area contributed by atoms with Crippen LogP contribution in [0.2, 0.25) is 0 Å². The Bertz CT molecular complexity index is 574. The number of rotatable bonds is 6. The summed E-state index contributed by atoms with van der Waals surface area (Å²) in [6, 6.07) is 3.45. The molecule has 1 unspecified atom stereocenters. The largest absolute Gasteiger partial charge is 0.481 e. The third-order valence-corrected chi connectivity index (χ3v) is 3.59. The first-order valence-corrected chi connectivity index (χ1v) is 6.98. The van der Waals surface area contributed by atoms with Crippen molar-refractivity contribution >= 4 is 33.5 Å². The smallest absolute Gasteiger partial charge is 0.305 e. The van der Waals surface area contributed by atoms with Gasteiger partial charge in [-0.1, -0.05) is 13.8 Å². The Morgan fingerprint density at radius 1 is 1.43 bits per heavy atom. The summed E-state index contributed by atoms with van der Waals surface area (Å²) in [6.07, 6.45) is -0.206. The number of carboxylic acids is 1. The monoisotopic (exact) mass is 358 g/mol. The van der Waals surface area contributed by atoms with Crippen LogP contribution in [-0.4, -0.2) is 27.9 Å². The van der Waals surface area contributed by atoms with Crippen molar-refractivity contribution in [3.63, 3.8) is 0 Å². The first-order chi connectivity index (χ1) is 9.72. The SMILES string of the molecule is CC(C)C(CC(=O)O)NC(=O)c1ccc(Br)c([N+](=O)[O-])c1. The molecule has 7 nitrogen and oxygen atoms in total. The summed E-state index contributed by atoms with van der Waals surface area (Å²) in [5.41, 5.74) is -0.108. The van der Waals surface area contributed by atoms with Crippen LogP contribution < -0.4 is 5.32 Å². The van der Waals surface area contributed by atoms with Gasteiger partial charge in [0.15, 0.2) is 0 Å². The number of nitrogens with one attached hydrogen (secondary N) is 1. The van der Waals surface area contributed by atoms with Gasteiger partial charge in [-0.2, -0.15) is 0 Å². The predicted octanol–water partition coefficient (Wildman–Crippen LogP) is 2.59. The second-order valence-corrected chi connectivity index (χ2v) is 5.70. The molecule has 0 fully saturated rings. The molecule has 0 saturated carbocycles. The predicted molar refractivity (Wildman–Crippen MR) is 79.1 cm³/mol. The summed E-state index contributed by atoms with van der Waals surface area (Å²) in [5.74, 6) is -1.63. The number of carbonyl (C=O) groups excluding carboxylic acids is 1. The summed E-state index contributed by atoms with van der Waals surface area (Å²) in [4.78, 5) is 33.1. The van der Waals surface area contributed by atoms with Gasteiger partial charge in [-0.05, 0) is 34.0 Å². The number of carbonyl (C=O) groups is 2. The van der Waals surface area contributed by atoms with Crippen LogP contribution in [0.15, 0.2) is 22.7 Å². The quantitative estimate of drug-likeness (QED) is 0.599. The van der Waals surface area contributed by atoms with E-state index in [1.54, 1.807) is 13.8 Å². The second kappa shape index (κ2) is 7.16. The zero-order valence-corrected chi connectivity index (χ0v) is 13.1. The molecule has 1 aromatic rings. The molecule has 1 aromatic carbocycles. The van der Waals surface area contributed by atoms with Gasteiger partial charge in [0.2, 0.25) is 0 Å². The topological polar surface area (TPSA) is 110 Å². The van der Waals surface area contributed by atoms with E-state index in [0.717, 1.165) is 6.07 Å². The first-order valence-electron chi connectivity index (χ1n) is 6.19. The number of hydrogen-bond donors (Lipinski definition) is 2. The standard InChI is InChI=1S/C13H15BrN2O5/c1-7(2)10(6-12(17)18)15-13(19)8-3-4-9(14)11(5-8)16(20)21/h3-5,7,10H,6H2,1-2H3,(H,15,19)(H,17,18). The number of hydrogen-bond acceptors (Lipinski definition) is 4. The van der Waals surface area contributed by atoms with E-state index in [9.17, 15) is 19.7 Å². The fourth-order valence-electron chi connectivity index (χ4n) is 1.69. The van der Waals surface area contributed by atoms with Crippen molar-refractivity contribution in [1.29, 1.82) is 0 Å². The summed E-state index contributed by atoms with van der Waals surface area (Å²) >= 11 is 3.04. The first kappa shape index (κ1) is 17.1. The highest BCUT2D eigenvalue weighted by atomic mass is 79.9. The Morgan fingerprint density at radius 2 is 2.05 bits per heavy atom. The van der Waals surface area contributed by atoms with E-state index in [1.807, 2.05) is 0 Å². The van der Waals surface area contributed by atoms with E-state index in [4.69, 9.17) is 5.11 Å². The average Bonchev–Trinajstić information content (AvgIpc) is 2.37. The lowest BCUT2D eigenvalue weighted by atomic mass is 10.0. The molecule has 0 aliphatic carbocycles. The van der Waals surface area contributed by atoms with Crippen LogP contribution in [0.4, 0.5) is 5.69 Å². The molecule has 1 atom stereocenters. The molecule has 0 heterocycles. The van der Waals surface area contributed by atoms with Crippen LogP contribution in [0.3, 0.4) is 0 Å². The van der Waals surface area contributed by atoms with Crippen molar-refractivity contribution in [2.24, 2.45) is 5.92 Å². The van der Waals surface area contributed by atoms with E-state index in [1.165, 1.54) is 12.1 Å². The molecule has 114 valence electrons. The van der Waals surface area contributed by atoms with Gasteiger partial charge in [-0.25, -0.2) is 0 Å². The molecule has 0 spiro atoms. The van der Waals surface area contributed by atoms with E-state index in [0.29, 0.717) is 0 Å². The van der Waals surface area contributed by atoms with Gasteiger partial charge in [0.1, 0.15) is 0 Å². The molecular formula is C13H15BrN2O5. The fourth-order valence-corrected chi connectivity index (χ4v) is 2.08. The maximum atomic E-state index is 12.1. The van der Waals surface area contributed by atoms with Gasteiger partial charge >= 0.3 is 5.97 Å². The number of benzene rings is 1. The Labute approximate surface area is 129 Å². The summed E-state index contributed by atoms with van der Waals surface area (Å²) in [7, 11) is 0. The number of halogens is 1. The van der Waals surface area contributed by atoms with E-state index >= 15 is 0 Å². The highest BCUT2D eigenvalue weighted by Crippen LogP contribution is 2.25. The average molecular weight is 359 g/mol. The zero-order chi connectivity index (χ0) is 16.2. The number of amides is 1. The van der Waals surface area contributed by atoms with Gasteiger partial charge in [0.05, 0.1) is 15.8 Å². The lowest BCUT2D eigenvalue weighted by molar-refractivity contribution is -0.385. The van der Waals surface area contributed by atoms with Crippen LogP contribution in [0.25, 0.3) is 0 Å². The minimum absolute atomic E-state index is 0.0736. The Morgan fingerprint density at radius 3 is 2.52 bits per heavy atom. The highest BCUT2D eigenvalue weighted by molar-refractivity contribution is 9.10. The van der Waals surface area contributed by atoms with Crippen LogP contribution >= 0.6 is 15.9 Å². The van der Waals surface area contributed by atoms with Crippen LogP contribution in [0.1, 0.15) is 30.6 Å².